The van der Waals surface area contributed by atoms with Crippen LogP contribution in [0.3, 0.4) is 0 Å². The Morgan fingerprint density at radius 3 is 2.70 bits per heavy atom. The number of thiophene rings is 1. The lowest BCUT2D eigenvalue weighted by Crippen LogP contribution is -2.33. The van der Waals surface area contributed by atoms with Gasteiger partial charge in [-0.25, -0.2) is 4.68 Å². The van der Waals surface area contributed by atoms with Crippen molar-refractivity contribution in [2.24, 2.45) is 17.6 Å². The zero-order valence-corrected chi connectivity index (χ0v) is 15.8. The molecule has 2 aliphatic rings. The van der Waals surface area contributed by atoms with Gasteiger partial charge in [0, 0.05) is 19.1 Å². The summed E-state index contributed by atoms with van der Waals surface area (Å²) < 4.78 is 1.88. The van der Waals surface area contributed by atoms with Crippen molar-refractivity contribution in [3.8, 4) is 16.3 Å². The number of rotatable bonds is 3. The van der Waals surface area contributed by atoms with Crippen molar-refractivity contribution in [2.45, 2.75) is 18.9 Å². The second-order valence-corrected chi connectivity index (χ2v) is 8.46. The van der Waals surface area contributed by atoms with Gasteiger partial charge in [0.15, 0.2) is 5.69 Å². The van der Waals surface area contributed by atoms with Crippen LogP contribution in [0.15, 0.2) is 53.9 Å². The van der Waals surface area contributed by atoms with Gasteiger partial charge in [-0.2, -0.15) is 5.10 Å². The van der Waals surface area contributed by atoms with Crippen LogP contribution in [0.2, 0.25) is 0 Å². The first kappa shape index (κ1) is 16.7. The fourth-order valence-corrected chi connectivity index (χ4v) is 5.21. The average molecular weight is 379 g/mol. The summed E-state index contributed by atoms with van der Waals surface area (Å²) in [4.78, 5) is 16.2. The van der Waals surface area contributed by atoms with Crippen LogP contribution in [0.4, 0.5) is 0 Å². The maximum atomic E-state index is 13.2. The van der Waals surface area contributed by atoms with Crippen molar-refractivity contribution in [2.75, 3.05) is 13.1 Å². The number of hydrogen-bond acceptors (Lipinski definition) is 4. The van der Waals surface area contributed by atoms with Crippen LogP contribution in [0.5, 0.6) is 0 Å². The van der Waals surface area contributed by atoms with Crippen LogP contribution in [0.25, 0.3) is 16.3 Å². The van der Waals surface area contributed by atoms with Crippen LogP contribution in [-0.2, 0) is 0 Å². The minimum absolute atomic E-state index is 0.0177. The van der Waals surface area contributed by atoms with Crippen LogP contribution >= 0.6 is 11.3 Å². The molecule has 2 fully saturated rings. The molecule has 0 radical (unpaired) electrons. The number of fused-ring (bicyclic) bond motifs is 1. The number of aromatic nitrogens is 2. The minimum atomic E-state index is 0.0177. The molecule has 138 valence electrons. The largest absolute Gasteiger partial charge is 0.337 e. The predicted molar refractivity (Wildman–Crippen MR) is 107 cm³/mol. The Kier molecular flexibility index (Phi) is 4.10. The van der Waals surface area contributed by atoms with E-state index >= 15 is 0 Å². The predicted octanol–water partition coefficient (Wildman–Crippen LogP) is 3.41. The molecule has 3 aromatic rings. The average Bonchev–Trinajstić information content (AvgIpc) is 3.47. The van der Waals surface area contributed by atoms with E-state index in [1.54, 1.807) is 11.3 Å². The first-order valence-electron chi connectivity index (χ1n) is 9.45. The van der Waals surface area contributed by atoms with E-state index in [1.807, 2.05) is 57.4 Å². The molecule has 0 spiro atoms. The van der Waals surface area contributed by atoms with E-state index in [-0.39, 0.29) is 11.9 Å². The van der Waals surface area contributed by atoms with Gasteiger partial charge in [0.1, 0.15) is 0 Å². The molecule has 1 amide bonds. The van der Waals surface area contributed by atoms with E-state index in [9.17, 15) is 4.79 Å². The molecule has 1 saturated carbocycles. The van der Waals surface area contributed by atoms with Gasteiger partial charge in [0.05, 0.1) is 16.3 Å². The molecule has 1 aliphatic carbocycles. The standard InChI is InChI=1S/C21H22N4OS/c22-17-9-8-14-12-24(13-16(14)17)21(26)18-11-19(20-7-4-10-27-20)25(23-18)15-5-2-1-3-6-15/h1-7,10-11,14,16-17H,8-9,12-13,22H2. The van der Waals surface area contributed by atoms with Crippen molar-refractivity contribution in [3.63, 3.8) is 0 Å². The van der Waals surface area contributed by atoms with Gasteiger partial charge in [0.25, 0.3) is 5.91 Å². The Morgan fingerprint density at radius 2 is 1.96 bits per heavy atom. The summed E-state index contributed by atoms with van der Waals surface area (Å²) in [6.45, 7) is 1.57. The van der Waals surface area contributed by atoms with Gasteiger partial charge in [-0.05, 0) is 54.3 Å². The van der Waals surface area contributed by atoms with Crippen LogP contribution < -0.4 is 5.73 Å². The number of carbonyl (C=O) groups excluding carboxylic acids is 1. The number of carbonyl (C=O) groups is 1. The number of hydrogen-bond donors (Lipinski definition) is 1. The summed E-state index contributed by atoms with van der Waals surface area (Å²) in [7, 11) is 0. The maximum Gasteiger partial charge on any atom is 0.274 e. The number of nitrogens with zero attached hydrogens (tertiary/aromatic N) is 3. The van der Waals surface area contributed by atoms with Crippen LogP contribution in [0, 0.1) is 11.8 Å². The SMILES string of the molecule is NC1CCC2CN(C(=O)c3cc(-c4cccs4)n(-c4ccccc4)n3)CC12. The molecule has 6 heteroatoms. The third-order valence-electron chi connectivity index (χ3n) is 5.90. The van der Waals surface area contributed by atoms with Crippen molar-refractivity contribution in [1.29, 1.82) is 0 Å². The monoisotopic (exact) mass is 378 g/mol. The van der Waals surface area contributed by atoms with Gasteiger partial charge in [-0.3, -0.25) is 4.79 Å². The summed E-state index contributed by atoms with van der Waals surface area (Å²) in [5.74, 6) is 1.02. The quantitative estimate of drug-likeness (QED) is 0.760. The first-order valence-corrected chi connectivity index (χ1v) is 10.3. The summed E-state index contributed by atoms with van der Waals surface area (Å²) in [5.41, 5.74) is 8.66. The molecule has 27 heavy (non-hydrogen) atoms. The van der Waals surface area contributed by atoms with Gasteiger partial charge in [0.2, 0.25) is 0 Å². The fourth-order valence-electron chi connectivity index (χ4n) is 4.49. The highest BCUT2D eigenvalue weighted by Gasteiger charge is 2.43. The molecule has 5 rings (SSSR count). The Bertz CT molecular complexity index is 950. The van der Waals surface area contributed by atoms with Crippen LogP contribution in [-0.4, -0.2) is 39.7 Å². The Balaban J connectivity index is 1.49. The molecule has 0 bridgehead atoms. The molecule has 1 aromatic carbocycles. The highest BCUT2D eigenvalue weighted by Crippen LogP contribution is 2.38. The molecule has 5 nitrogen and oxygen atoms in total. The Morgan fingerprint density at radius 1 is 1.11 bits per heavy atom. The second kappa shape index (κ2) is 6.62. The van der Waals surface area contributed by atoms with E-state index in [0.29, 0.717) is 17.5 Å². The molecule has 3 unspecified atom stereocenters. The molecular weight excluding hydrogens is 356 g/mol. The number of para-hydroxylation sites is 1. The highest BCUT2D eigenvalue weighted by molar-refractivity contribution is 7.13. The molecule has 2 N–H and O–H groups in total. The van der Waals surface area contributed by atoms with Gasteiger partial charge in [-0.15, -0.1) is 11.3 Å². The van der Waals surface area contributed by atoms with Crippen molar-refractivity contribution in [1.82, 2.24) is 14.7 Å². The maximum absolute atomic E-state index is 13.2. The summed E-state index contributed by atoms with van der Waals surface area (Å²) in [6.07, 6.45) is 2.22. The minimum Gasteiger partial charge on any atom is -0.337 e. The van der Waals surface area contributed by atoms with E-state index in [2.05, 4.69) is 6.07 Å². The Hall–Kier alpha value is -2.44. The van der Waals surface area contributed by atoms with Crippen molar-refractivity contribution >= 4 is 17.2 Å². The highest BCUT2D eigenvalue weighted by atomic mass is 32.1. The van der Waals surface area contributed by atoms with E-state index in [1.165, 1.54) is 0 Å². The molecule has 1 aliphatic heterocycles. The van der Waals surface area contributed by atoms with E-state index in [0.717, 1.165) is 42.2 Å². The molecule has 3 atom stereocenters. The van der Waals surface area contributed by atoms with Gasteiger partial charge in [-0.1, -0.05) is 24.3 Å². The summed E-state index contributed by atoms with van der Waals surface area (Å²) in [6, 6.07) is 16.2. The van der Waals surface area contributed by atoms with Crippen LogP contribution in [0.1, 0.15) is 23.3 Å². The number of amides is 1. The van der Waals surface area contributed by atoms with Crippen molar-refractivity contribution < 1.29 is 4.79 Å². The number of benzene rings is 1. The van der Waals surface area contributed by atoms with E-state index in [4.69, 9.17) is 10.8 Å². The third-order valence-corrected chi connectivity index (χ3v) is 6.79. The smallest absolute Gasteiger partial charge is 0.274 e. The van der Waals surface area contributed by atoms with Crippen molar-refractivity contribution in [3.05, 3.63) is 59.6 Å². The first-order chi connectivity index (χ1) is 13.2. The van der Waals surface area contributed by atoms with E-state index < -0.39 is 0 Å². The molecule has 3 heterocycles. The zero-order valence-electron chi connectivity index (χ0n) is 15.0. The lowest BCUT2D eigenvalue weighted by Gasteiger charge is -2.17. The number of nitrogens with two attached hydrogens (primary N) is 1. The molecular formula is C21H22N4OS. The molecule has 2 aromatic heterocycles. The summed E-state index contributed by atoms with van der Waals surface area (Å²) in [5, 5.41) is 6.74. The van der Waals surface area contributed by atoms with Gasteiger partial charge < -0.3 is 10.6 Å². The van der Waals surface area contributed by atoms with Gasteiger partial charge >= 0.3 is 0 Å². The topological polar surface area (TPSA) is 64.2 Å². The Labute approximate surface area is 162 Å². The summed E-state index contributed by atoms with van der Waals surface area (Å²) >= 11 is 1.65. The third kappa shape index (κ3) is 2.89. The number of likely N-dealkylation sites (tertiary alicyclic amines) is 1. The zero-order chi connectivity index (χ0) is 18.4. The normalized spacial score (nSPS) is 24.3. The molecule has 1 saturated heterocycles. The lowest BCUT2D eigenvalue weighted by atomic mass is 9.98. The second-order valence-electron chi connectivity index (χ2n) is 7.51. The lowest BCUT2D eigenvalue weighted by molar-refractivity contribution is 0.0773. The fraction of sp³-hybridized carbons (Fsp3) is 0.333.